The fraction of sp³-hybridized carbons (Fsp3) is 0.389. The Morgan fingerprint density at radius 2 is 1.81 bits per heavy atom. The van der Waals surface area contributed by atoms with Crippen molar-refractivity contribution in [3.63, 3.8) is 0 Å². The van der Waals surface area contributed by atoms with Gasteiger partial charge in [-0.1, -0.05) is 12.1 Å². The highest BCUT2D eigenvalue weighted by atomic mass is 32.1. The van der Waals surface area contributed by atoms with Crippen LogP contribution in [-0.2, 0) is 11.2 Å². The van der Waals surface area contributed by atoms with Crippen LogP contribution in [0.5, 0.6) is 5.75 Å². The van der Waals surface area contributed by atoms with Crippen molar-refractivity contribution in [2.75, 3.05) is 6.61 Å². The molecule has 0 bridgehead atoms. The molecule has 4 N–H and O–H groups in total. The van der Waals surface area contributed by atoms with Crippen molar-refractivity contribution in [1.82, 2.24) is 0 Å². The molecule has 1 aromatic carbocycles. The molecule has 1 aromatic heterocycles. The van der Waals surface area contributed by atoms with Gasteiger partial charge in [-0.05, 0) is 29.1 Å². The molecule has 8 heteroatoms. The first-order valence-electron chi connectivity index (χ1n) is 8.06. The van der Waals surface area contributed by atoms with E-state index in [1.807, 2.05) is 17.5 Å². The molecule has 7 nitrogen and oxygen atoms in total. The van der Waals surface area contributed by atoms with E-state index >= 15 is 0 Å². The van der Waals surface area contributed by atoms with E-state index in [1.54, 1.807) is 18.2 Å². The van der Waals surface area contributed by atoms with Crippen LogP contribution in [0, 0.1) is 11.3 Å². The second-order valence-corrected chi connectivity index (χ2v) is 7.01. The Balaban J connectivity index is 1.73. The van der Waals surface area contributed by atoms with Gasteiger partial charge in [-0.25, -0.2) is 0 Å². The van der Waals surface area contributed by atoms with Gasteiger partial charge in [0.1, 0.15) is 30.2 Å². The first kappa shape index (κ1) is 18.8. The number of benzene rings is 1. The summed E-state index contributed by atoms with van der Waals surface area (Å²) in [5.74, 6) is 0.490. The average Bonchev–Trinajstić information content (AvgIpc) is 3.09. The molecular weight excluding hydrogens is 358 g/mol. The van der Waals surface area contributed by atoms with Gasteiger partial charge in [0.2, 0.25) is 6.29 Å². The number of hydrogen-bond acceptors (Lipinski definition) is 8. The van der Waals surface area contributed by atoms with E-state index in [1.165, 1.54) is 11.3 Å². The fourth-order valence-corrected chi connectivity index (χ4v) is 3.57. The number of ether oxygens (including phenoxy) is 2. The van der Waals surface area contributed by atoms with Crippen LogP contribution in [0.4, 0.5) is 0 Å². The van der Waals surface area contributed by atoms with Crippen molar-refractivity contribution >= 4 is 11.3 Å². The molecule has 0 amide bonds. The predicted octanol–water partition coefficient (Wildman–Crippen LogP) is 0.389. The van der Waals surface area contributed by atoms with Gasteiger partial charge < -0.3 is 29.9 Å². The Labute approximate surface area is 154 Å². The van der Waals surface area contributed by atoms with E-state index in [-0.39, 0.29) is 0 Å². The van der Waals surface area contributed by atoms with Crippen molar-refractivity contribution in [3.8, 4) is 11.8 Å². The third-order valence-electron chi connectivity index (χ3n) is 4.24. The predicted molar refractivity (Wildman–Crippen MR) is 92.7 cm³/mol. The number of aliphatic hydroxyl groups excluding tert-OH is 4. The third kappa shape index (κ3) is 3.88. The zero-order valence-electron chi connectivity index (χ0n) is 13.7. The van der Waals surface area contributed by atoms with Crippen LogP contribution in [-0.4, -0.2) is 57.7 Å². The summed E-state index contributed by atoms with van der Waals surface area (Å²) in [5, 5.41) is 49.7. The summed E-state index contributed by atoms with van der Waals surface area (Å²) in [6, 6.07) is 11.0. The molecule has 138 valence electrons. The highest BCUT2D eigenvalue weighted by molar-refractivity contribution is 7.10. The highest BCUT2D eigenvalue weighted by Crippen LogP contribution is 2.31. The minimum atomic E-state index is -1.48. The lowest BCUT2D eigenvalue weighted by atomic mass is 9.99. The van der Waals surface area contributed by atoms with E-state index in [9.17, 15) is 20.4 Å². The Hall–Kier alpha value is -1.99. The molecular formula is C18H19NO6S. The normalized spacial score (nSPS) is 28.5. The van der Waals surface area contributed by atoms with Crippen molar-refractivity contribution in [2.24, 2.45) is 0 Å². The maximum atomic E-state index is 10.1. The molecule has 5 atom stereocenters. The van der Waals surface area contributed by atoms with E-state index in [0.717, 1.165) is 10.4 Å². The third-order valence-corrected chi connectivity index (χ3v) is 5.15. The maximum Gasteiger partial charge on any atom is 0.229 e. The largest absolute Gasteiger partial charge is 0.461 e. The zero-order chi connectivity index (χ0) is 18.7. The van der Waals surface area contributed by atoms with E-state index in [0.29, 0.717) is 17.7 Å². The van der Waals surface area contributed by atoms with Crippen LogP contribution in [0.25, 0.3) is 0 Å². The molecule has 0 saturated carbocycles. The monoisotopic (exact) mass is 377 g/mol. The Morgan fingerprint density at radius 1 is 1.08 bits per heavy atom. The molecule has 0 spiro atoms. The topological polar surface area (TPSA) is 123 Å². The minimum Gasteiger partial charge on any atom is -0.461 e. The second-order valence-electron chi connectivity index (χ2n) is 6.01. The van der Waals surface area contributed by atoms with Crippen molar-refractivity contribution in [3.05, 3.63) is 51.7 Å². The first-order chi connectivity index (χ1) is 12.5. The van der Waals surface area contributed by atoms with E-state index in [2.05, 4.69) is 6.07 Å². The van der Waals surface area contributed by atoms with E-state index in [4.69, 9.17) is 14.7 Å². The molecule has 2 aromatic rings. The summed E-state index contributed by atoms with van der Waals surface area (Å²) in [6.07, 6.45) is -6.01. The van der Waals surface area contributed by atoms with Gasteiger partial charge in [0.15, 0.2) is 0 Å². The number of rotatable bonds is 5. The Kier molecular flexibility index (Phi) is 5.88. The van der Waals surface area contributed by atoms with Crippen LogP contribution < -0.4 is 4.74 Å². The lowest BCUT2D eigenvalue weighted by Crippen LogP contribution is -2.60. The second kappa shape index (κ2) is 8.14. The fourth-order valence-electron chi connectivity index (χ4n) is 2.74. The van der Waals surface area contributed by atoms with Gasteiger partial charge in [-0.2, -0.15) is 5.26 Å². The summed E-state index contributed by atoms with van der Waals surface area (Å²) in [5.41, 5.74) is 1.57. The van der Waals surface area contributed by atoms with Gasteiger partial charge in [-0.15, -0.1) is 11.3 Å². The summed E-state index contributed by atoms with van der Waals surface area (Å²) >= 11 is 1.46. The van der Waals surface area contributed by atoms with Gasteiger partial charge in [0.05, 0.1) is 23.1 Å². The van der Waals surface area contributed by atoms with Crippen molar-refractivity contribution in [2.45, 2.75) is 37.1 Å². The molecule has 3 rings (SSSR count). The molecule has 1 aliphatic rings. The molecule has 5 unspecified atom stereocenters. The number of nitriles is 1. The summed E-state index contributed by atoms with van der Waals surface area (Å²) < 4.78 is 11.1. The van der Waals surface area contributed by atoms with Gasteiger partial charge in [0.25, 0.3) is 0 Å². The molecule has 0 radical (unpaired) electrons. The molecule has 1 fully saturated rings. The quantitative estimate of drug-likeness (QED) is 0.594. The maximum absolute atomic E-state index is 10.1. The standard InChI is InChI=1S/C18H19NO6S/c19-8-11-3-1-10(2-4-11)7-14-12(5-6-26-14)24-18-17(23)16(22)15(21)13(9-20)25-18/h1-6,13,15-18,20-23H,7,9H2. The summed E-state index contributed by atoms with van der Waals surface area (Å²) in [6.45, 7) is -0.507. The number of nitrogens with zero attached hydrogens (tertiary/aromatic N) is 1. The van der Waals surface area contributed by atoms with Crippen LogP contribution >= 0.6 is 11.3 Å². The smallest absolute Gasteiger partial charge is 0.229 e. The number of thiophene rings is 1. The molecule has 1 saturated heterocycles. The van der Waals surface area contributed by atoms with Crippen molar-refractivity contribution < 1.29 is 29.9 Å². The molecule has 0 aliphatic carbocycles. The van der Waals surface area contributed by atoms with Crippen LogP contribution in [0.1, 0.15) is 16.0 Å². The lowest BCUT2D eigenvalue weighted by Gasteiger charge is -2.39. The van der Waals surface area contributed by atoms with Gasteiger partial charge >= 0.3 is 0 Å². The highest BCUT2D eigenvalue weighted by Gasteiger charge is 2.44. The summed E-state index contributed by atoms with van der Waals surface area (Å²) in [4.78, 5) is 0.881. The minimum absolute atomic E-state index is 0.490. The lowest BCUT2D eigenvalue weighted by molar-refractivity contribution is -0.277. The van der Waals surface area contributed by atoms with Gasteiger partial charge in [-0.3, -0.25) is 0 Å². The SMILES string of the molecule is N#Cc1ccc(Cc2sccc2OC2OC(CO)C(O)C(O)C2O)cc1. The average molecular weight is 377 g/mol. The van der Waals surface area contributed by atoms with Gasteiger partial charge in [0, 0.05) is 6.42 Å². The van der Waals surface area contributed by atoms with Crippen LogP contribution in [0.2, 0.25) is 0 Å². The van der Waals surface area contributed by atoms with E-state index < -0.39 is 37.3 Å². The zero-order valence-corrected chi connectivity index (χ0v) is 14.5. The Morgan fingerprint density at radius 3 is 2.46 bits per heavy atom. The number of hydrogen-bond donors (Lipinski definition) is 4. The van der Waals surface area contributed by atoms with Crippen molar-refractivity contribution in [1.29, 1.82) is 5.26 Å². The molecule has 26 heavy (non-hydrogen) atoms. The van der Waals surface area contributed by atoms with Crippen LogP contribution in [0.3, 0.4) is 0 Å². The number of aliphatic hydroxyl groups is 4. The first-order valence-corrected chi connectivity index (χ1v) is 8.94. The Bertz CT molecular complexity index is 769. The molecule has 1 aliphatic heterocycles. The summed E-state index contributed by atoms with van der Waals surface area (Å²) in [7, 11) is 0. The molecule has 2 heterocycles. The van der Waals surface area contributed by atoms with Crippen LogP contribution in [0.15, 0.2) is 35.7 Å².